The normalized spacial score (nSPS) is 10.2. The first-order valence-corrected chi connectivity index (χ1v) is 7.26. The van der Waals surface area contributed by atoms with Crippen LogP contribution in [0.5, 0.6) is 11.5 Å². The Bertz CT molecular complexity index is 947. The van der Waals surface area contributed by atoms with Crippen LogP contribution < -0.4 is 20.8 Å². The highest BCUT2D eigenvalue weighted by Gasteiger charge is 2.27. The number of pyridine rings is 1. The smallest absolute Gasteiger partial charge is 0.342 e. The molecule has 0 unspecified atom stereocenters. The summed E-state index contributed by atoms with van der Waals surface area (Å²) in [5.41, 5.74) is 3.13. The van der Waals surface area contributed by atoms with Crippen LogP contribution in [0.4, 0.5) is 5.82 Å². The number of rotatable bonds is 7. The molecule has 0 saturated carbocycles. The summed E-state index contributed by atoms with van der Waals surface area (Å²) < 4.78 is 10.6. The topological polar surface area (TPSA) is 152 Å². The predicted octanol–water partition coefficient (Wildman–Crippen LogP) is 1.59. The Kier molecular flexibility index (Phi) is 5.31. The summed E-state index contributed by atoms with van der Waals surface area (Å²) in [5.74, 6) is -2.97. The number of nitrogens with two attached hydrogens (primary N) is 1. The van der Waals surface area contributed by atoms with Crippen LogP contribution in [-0.4, -0.2) is 40.9 Å². The van der Waals surface area contributed by atoms with Crippen molar-refractivity contribution in [2.75, 3.05) is 19.5 Å². The molecule has 0 bridgehead atoms. The second-order valence-corrected chi connectivity index (χ2v) is 5.07. The van der Waals surface area contributed by atoms with Gasteiger partial charge in [-0.2, -0.15) is 0 Å². The predicted molar refractivity (Wildman–Crippen MR) is 93.1 cm³/mol. The van der Waals surface area contributed by atoms with Gasteiger partial charge < -0.3 is 30.4 Å². The van der Waals surface area contributed by atoms with Crippen LogP contribution in [0.15, 0.2) is 35.6 Å². The van der Waals surface area contributed by atoms with Gasteiger partial charge >= 0.3 is 11.9 Å². The highest BCUT2D eigenvalue weighted by atomic mass is 16.5. The molecule has 2 aromatic rings. The van der Waals surface area contributed by atoms with Crippen LogP contribution in [0, 0.1) is 0 Å². The van der Waals surface area contributed by atoms with Gasteiger partial charge in [0.05, 0.1) is 7.11 Å². The lowest BCUT2D eigenvalue weighted by Gasteiger charge is -2.15. The molecule has 136 valence electrons. The molecule has 26 heavy (non-hydrogen) atoms. The van der Waals surface area contributed by atoms with Crippen molar-refractivity contribution in [1.29, 1.82) is 0 Å². The van der Waals surface area contributed by atoms with Crippen molar-refractivity contribution in [2.24, 2.45) is 0 Å². The third kappa shape index (κ3) is 3.36. The Hall–Kier alpha value is -3.75. The maximum Gasteiger partial charge on any atom is 0.342 e. The zero-order valence-electron chi connectivity index (χ0n) is 13.7. The standard InChI is InChI=1S/C17H16N2O7/c1-3-6-26-10-7-8(4-5-9(10)25-2)11-12(16(21)22)14(18)19-15(20)13(11)17(23)24/h3-5,7H,1,6H2,2H3,(H,21,22)(H,23,24)(H3,18,19,20). The lowest BCUT2D eigenvalue weighted by molar-refractivity contribution is 0.0695. The van der Waals surface area contributed by atoms with Crippen molar-refractivity contribution in [1.82, 2.24) is 4.98 Å². The molecule has 2 rings (SSSR count). The molecule has 5 N–H and O–H groups in total. The summed E-state index contributed by atoms with van der Waals surface area (Å²) in [5, 5.41) is 18.8. The minimum atomic E-state index is -1.59. The Morgan fingerprint density at radius 3 is 2.42 bits per heavy atom. The molecule has 0 fully saturated rings. The fraction of sp³-hybridized carbons (Fsp3) is 0.118. The molecule has 1 aromatic heterocycles. The largest absolute Gasteiger partial charge is 0.493 e. The monoisotopic (exact) mass is 360 g/mol. The number of ether oxygens (including phenoxy) is 2. The number of benzene rings is 1. The fourth-order valence-corrected chi connectivity index (χ4v) is 2.43. The Morgan fingerprint density at radius 1 is 1.23 bits per heavy atom. The SMILES string of the molecule is C=CCOc1cc(-c2c(C(=O)O)c(N)[nH]c(=O)c2C(=O)O)ccc1OC. The molecule has 0 radical (unpaired) electrons. The van der Waals surface area contributed by atoms with Gasteiger partial charge in [0.2, 0.25) is 0 Å². The number of methoxy groups -OCH3 is 1. The van der Waals surface area contributed by atoms with E-state index in [9.17, 15) is 24.6 Å². The molecule has 0 spiro atoms. The van der Waals surface area contributed by atoms with Crippen LogP contribution in [0.25, 0.3) is 11.1 Å². The van der Waals surface area contributed by atoms with E-state index in [1.165, 1.54) is 31.4 Å². The van der Waals surface area contributed by atoms with E-state index < -0.39 is 34.4 Å². The number of anilines is 1. The van der Waals surface area contributed by atoms with Gasteiger partial charge in [-0.25, -0.2) is 9.59 Å². The molecule has 0 aliphatic rings. The van der Waals surface area contributed by atoms with Crippen molar-refractivity contribution in [3.63, 3.8) is 0 Å². The van der Waals surface area contributed by atoms with Crippen molar-refractivity contribution >= 4 is 17.8 Å². The number of hydrogen-bond donors (Lipinski definition) is 4. The van der Waals surface area contributed by atoms with E-state index in [0.29, 0.717) is 5.75 Å². The van der Waals surface area contributed by atoms with Gasteiger partial charge in [-0.15, -0.1) is 0 Å². The number of carboxylic acids is 2. The van der Waals surface area contributed by atoms with Gasteiger partial charge in [-0.05, 0) is 17.7 Å². The summed E-state index contributed by atoms with van der Waals surface area (Å²) in [6.45, 7) is 3.66. The zero-order valence-corrected chi connectivity index (χ0v) is 13.7. The maximum absolute atomic E-state index is 12.1. The highest BCUT2D eigenvalue weighted by Crippen LogP contribution is 2.36. The first-order valence-electron chi connectivity index (χ1n) is 7.26. The summed E-state index contributed by atoms with van der Waals surface area (Å²) in [4.78, 5) is 37.3. The molecule has 9 nitrogen and oxygen atoms in total. The fourth-order valence-electron chi connectivity index (χ4n) is 2.43. The minimum absolute atomic E-state index is 0.123. The quantitative estimate of drug-likeness (QED) is 0.543. The average Bonchev–Trinajstić information content (AvgIpc) is 2.58. The van der Waals surface area contributed by atoms with E-state index in [1.807, 2.05) is 4.98 Å². The molecular formula is C17H16N2O7. The number of nitrogens with one attached hydrogen (secondary N) is 1. The van der Waals surface area contributed by atoms with Crippen molar-refractivity contribution in [3.8, 4) is 22.6 Å². The Labute approximate surface area is 147 Å². The lowest BCUT2D eigenvalue weighted by atomic mass is 9.95. The molecule has 0 amide bonds. The lowest BCUT2D eigenvalue weighted by Crippen LogP contribution is -2.24. The Balaban J connectivity index is 2.86. The molecular weight excluding hydrogens is 344 g/mol. The third-order valence-corrected chi connectivity index (χ3v) is 3.48. The number of aromatic amines is 1. The van der Waals surface area contributed by atoms with E-state index in [2.05, 4.69) is 6.58 Å². The van der Waals surface area contributed by atoms with Crippen molar-refractivity contribution in [2.45, 2.75) is 0 Å². The molecule has 9 heteroatoms. The maximum atomic E-state index is 12.1. The summed E-state index contributed by atoms with van der Waals surface area (Å²) in [6.07, 6.45) is 1.49. The number of nitrogen functional groups attached to an aromatic ring is 1. The number of carboxylic acid groups (broad SMARTS) is 2. The highest BCUT2D eigenvalue weighted by molar-refractivity contribution is 6.07. The number of H-pyrrole nitrogens is 1. The zero-order chi connectivity index (χ0) is 19.4. The number of aromatic nitrogens is 1. The van der Waals surface area contributed by atoms with Gasteiger partial charge in [0, 0.05) is 5.56 Å². The number of aromatic carboxylic acids is 2. The first-order chi connectivity index (χ1) is 12.3. The molecule has 1 aromatic carbocycles. The summed E-state index contributed by atoms with van der Waals surface area (Å²) in [6, 6.07) is 4.24. The molecule has 0 aliphatic heterocycles. The van der Waals surface area contributed by atoms with Crippen LogP contribution in [0.3, 0.4) is 0 Å². The van der Waals surface area contributed by atoms with Crippen LogP contribution in [-0.2, 0) is 0 Å². The van der Waals surface area contributed by atoms with Gasteiger partial charge in [-0.1, -0.05) is 18.7 Å². The Morgan fingerprint density at radius 2 is 1.88 bits per heavy atom. The van der Waals surface area contributed by atoms with Crippen LogP contribution in [0.2, 0.25) is 0 Å². The van der Waals surface area contributed by atoms with Crippen LogP contribution in [0.1, 0.15) is 20.7 Å². The van der Waals surface area contributed by atoms with E-state index in [4.69, 9.17) is 15.2 Å². The van der Waals surface area contributed by atoms with Crippen LogP contribution >= 0.6 is 0 Å². The minimum Gasteiger partial charge on any atom is -0.493 e. The van der Waals surface area contributed by atoms with E-state index in [-0.39, 0.29) is 23.5 Å². The first kappa shape index (κ1) is 18.6. The molecule has 1 heterocycles. The second kappa shape index (κ2) is 7.43. The van der Waals surface area contributed by atoms with Gasteiger partial charge in [0.25, 0.3) is 5.56 Å². The molecule has 0 saturated heterocycles. The van der Waals surface area contributed by atoms with Crippen molar-refractivity contribution < 1.29 is 29.3 Å². The van der Waals surface area contributed by atoms with Gasteiger partial charge in [0.15, 0.2) is 11.5 Å². The van der Waals surface area contributed by atoms with E-state index in [0.717, 1.165) is 0 Å². The average molecular weight is 360 g/mol. The number of carbonyl (C=O) groups is 2. The second-order valence-electron chi connectivity index (χ2n) is 5.07. The summed E-state index contributed by atoms with van der Waals surface area (Å²) in [7, 11) is 1.41. The van der Waals surface area contributed by atoms with E-state index >= 15 is 0 Å². The van der Waals surface area contributed by atoms with Gasteiger partial charge in [-0.3, -0.25) is 4.79 Å². The third-order valence-electron chi connectivity index (χ3n) is 3.48. The number of hydrogen-bond acceptors (Lipinski definition) is 6. The summed E-state index contributed by atoms with van der Waals surface area (Å²) >= 11 is 0. The van der Waals surface area contributed by atoms with Crippen molar-refractivity contribution in [3.05, 3.63) is 52.3 Å². The van der Waals surface area contributed by atoms with E-state index in [1.54, 1.807) is 0 Å². The molecule has 0 atom stereocenters. The van der Waals surface area contributed by atoms with Gasteiger partial charge in [0.1, 0.15) is 23.6 Å². The molecule has 0 aliphatic carbocycles.